The number of carbonyl (C=O) groups is 2. The van der Waals surface area contributed by atoms with E-state index in [1.54, 1.807) is 26.1 Å². The minimum atomic E-state index is -0.976. The number of carbonyl (C=O) groups excluding carboxylic acids is 2. The average molecular weight is 348 g/mol. The van der Waals surface area contributed by atoms with Gasteiger partial charge in [0, 0.05) is 23.7 Å². The monoisotopic (exact) mass is 348 g/mol. The predicted molar refractivity (Wildman–Crippen MR) is 89.3 cm³/mol. The predicted octanol–water partition coefficient (Wildman–Crippen LogP) is 3.27. The van der Waals surface area contributed by atoms with Crippen LogP contribution >= 0.6 is 11.3 Å². The van der Waals surface area contributed by atoms with E-state index in [0.29, 0.717) is 15.6 Å². The quantitative estimate of drug-likeness (QED) is 0.778. The Morgan fingerprint density at radius 2 is 2.17 bits per heavy atom. The second-order valence-corrected chi connectivity index (χ2v) is 6.44. The van der Waals surface area contributed by atoms with E-state index in [1.165, 1.54) is 17.9 Å². The first-order chi connectivity index (χ1) is 11.4. The van der Waals surface area contributed by atoms with Crippen LogP contribution in [-0.4, -0.2) is 36.5 Å². The fourth-order valence-corrected chi connectivity index (χ4v) is 3.46. The second kappa shape index (κ2) is 7.41. The molecule has 0 aliphatic carbocycles. The normalized spacial score (nSPS) is 11.8. The maximum atomic E-state index is 13.9. The number of nitrogens with zero attached hydrogens (tertiary/aromatic N) is 2. The summed E-state index contributed by atoms with van der Waals surface area (Å²) >= 11 is 1.14. The molecule has 1 amide bonds. The third-order valence-electron chi connectivity index (χ3n) is 3.66. The van der Waals surface area contributed by atoms with Crippen molar-refractivity contribution in [2.24, 2.45) is 0 Å². The SMILES string of the molecule is Cc1c(C(=O)O[C@H](C)C(=O)N(C)CCC#N)sc2cccc(F)c12. The average Bonchev–Trinajstić information content (AvgIpc) is 2.90. The zero-order valence-corrected chi connectivity index (χ0v) is 14.4. The Bertz CT molecular complexity index is 825. The van der Waals surface area contributed by atoms with Gasteiger partial charge < -0.3 is 9.64 Å². The van der Waals surface area contributed by atoms with E-state index in [-0.39, 0.29) is 29.6 Å². The molecular formula is C17H17FN2O3S. The first-order valence-electron chi connectivity index (χ1n) is 7.37. The van der Waals surface area contributed by atoms with Crippen molar-refractivity contribution in [2.75, 3.05) is 13.6 Å². The Hall–Kier alpha value is -2.46. The van der Waals surface area contributed by atoms with Gasteiger partial charge in [-0.05, 0) is 31.5 Å². The number of nitriles is 1. The number of fused-ring (bicyclic) bond motifs is 1. The third-order valence-corrected chi connectivity index (χ3v) is 4.89. The van der Waals surface area contributed by atoms with E-state index in [2.05, 4.69) is 0 Å². The minimum Gasteiger partial charge on any atom is -0.448 e. The molecule has 126 valence electrons. The molecule has 0 saturated carbocycles. The molecule has 1 heterocycles. The number of ether oxygens (including phenoxy) is 1. The van der Waals surface area contributed by atoms with Crippen LogP contribution in [-0.2, 0) is 9.53 Å². The van der Waals surface area contributed by atoms with E-state index >= 15 is 0 Å². The fraction of sp³-hybridized carbons (Fsp3) is 0.353. The number of hydrogen-bond acceptors (Lipinski definition) is 5. The van der Waals surface area contributed by atoms with Crippen LogP contribution in [0.4, 0.5) is 4.39 Å². The highest BCUT2D eigenvalue weighted by Gasteiger charge is 2.25. The smallest absolute Gasteiger partial charge is 0.349 e. The Balaban J connectivity index is 2.15. The van der Waals surface area contributed by atoms with Crippen LogP contribution < -0.4 is 0 Å². The van der Waals surface area contributed by atoms with Gasteiger partial charge in [-0.25, -0.2) is 9.18 Å². The van der Waals surface area contributed by atoms with Crippen molar-refractivity contribution in [1.82, 2.24) is 4.90 Å². The number of aryl methyl sites for hydroxylation is 1. The molecule has 0 saturated heterocycles. The topological polar surface area (TPSA) is 70.4 Å². The molecule has 5 nitrogen and oxygen atoms in total. The number of rotatable bonds is 5. The number of thiophene rings is 1. The van der Waals surface area contributed by atoms with Crippen molar-refractivity contribution in [3.63, 3.8) is 0 Å². The van der Waals surface area contributed by atoms with Crippen LogP contribution in [0.5, 0.6) is 0 Å². The number of amides is 1. The summed E-state index contributed by atoms with van der Waals surface area (Å²) in [6, 6.07) is 6.61. The summed E-state index contributed by atoms with van der Waals surface area (Å²) in [4.78, 5) is 26.1. The van der Waals surface area contributed by atoms with Crippen molar-refractivity contribution in [1.29, 1.82) is 5.26 Å². The lowest BCUT2D eigenvalue weighted by atomic mass is 10.1. The first-order valence-corrected chi connectivity index (χ1v) is 8.19. The fourth-order valence-electron chi connectivity index (χ4n) is 2.35. The summed E-state index contributed by atoms with van der Waals surface area (Å²) in [6.07, 6.45) is -0.770. The van der Waals surface area contributed by atoms with Gasteiger partial charge in [0.1, 0.15) is 10.7 Å². The van der Waals surface area contributed by atoms with Gasteiger partial charge >= 0.3 is 5.97 Å². The van der Waals surface area contributed by atoms with Crippen molar-refractivity contribution >= 4 is 33.3 Å². The van der Waals surface area contributed by atoms with Gasteiger partial charge in [-0.2, -0.15) is 5.26 Å². The number of esters is 1. The molecule has 0 aliphatic heterocycles. The molecule has 7 heteroatoms. The number of hydrogen-bond donors (Lipinski definition) is 0. The standard InChI is InChI=1S/C17H17FN2O3S/c1-10-14-12(18)6-4-7-13(14)24-15(10)17(22)23-11(2)16(21)20(3)9-5-8-19/h4,6-7,11H,5,9H2,1-3H3/t11-/m1/s1. The van der Waals surface area contributed by atoms with E-state index in [1.807, 2.05) is 6.07 Å². The van der Waals surface area contributed by atoms with E-state index in [4.69, 9.17) is 10.00 Å². The molecule has 0 bridgehead atoms. The van der Waals surface area contributed by atoms with Crippen molar-refractivity contribution < 1.29 is 18.7 Å². The molecule has 2 aromatic rings. The summed E-state index contributed by atoms with van der Waals surface area (Å²) in [5.41, 5.74) is 0.510. The lowest BCUT2D eigenvalue weighted by Crippen LogP contribution is -2.37. The molecule has 0 radical (unpaired) electrons. The van der Waals surface area contributed by atoms with E-state index in [0.717, 1.165) is 11.3 Å². The highest BCUT2D eigenvalue weighted by molar-refractivity contribution is 7.21. The van der Waals surface area contributed by atoms with Crippen LogP contribution in [0.2, 0.25) is 0 Å². The molecule has 0 N–H and O–H groups in total. The molecule has 0 aliphatic rings. The van der Waals surface area contributed by atoms with Gasteiger partial charge in [0.15, 0.2) is 6.10 Å². The summed E-state index contributed by atoms with van der Waals surface area (Å²) in [5.74, 6) is -1.42. The summed E-state index contributed by atoms with van der Waals surface area (Å²) in [5, 5.41) is 8.95. The minimum absolute atomic E-state index is 0.206. The molecule has 0 spiro atoms. The van der Waals surface area contributed by atoms with Crippen LogP contribution in [0, 0.1) is 24.1 Å². The second-order valence-electron chi connectivity index (χ2n) is 5.38. The lowest BCUT2D eigenvalue weighted by Gasteiger charge is -2.20. The largest absolute Gasteiger partial charge is 0.448 e. The highest BCUT2D eigenvalue weighted by Crippen LogP contribution is 2.33. The van der Waals surface area contributed by atoms with Gasteiger partial charge in [-0.3, -0.25) is 4.79 Å². The summed E-state index contributed by atoms with van der Waals surface area (Å²) in [7, 11) is 1.55. The maximum Gasteiger partial charge on any atom is 0.349 e. The van der Waals surface area contributed by atoms with Gasteiger partial charge in [0.25, 0.3) is 5.91 Å². The Labute approximate surface area is 143 Å². The van der Waals surface area contributed by atoms with Crippen LogP contribution in [0.1, 0.15) is 28.6 Å². The molecule has 1 aromatic carbocycles. The van der Waals surface area contributed by atoms with E-state index in [9.17, 15) is 14.0 Å². The summed E-state index contributed by atoms with van der Waals surface area (Å²) < 4.78 is 19.8. The zero-order chi connectivity index (χ0) is 17.9. The molecule has 24 heavy (non-hydrogen) atoms. The Morgan fingerprint density at radius 3 is 2.79 bits per heavy atom. The van der Waals surface area contributed by atoms with Crippen molar-refractivity contribution in [2.45, 2.75) is 26.4 Å². The van der Waals surface area contributed by atoms with Gasteiger partial charge in [0.2, 0.25) is 0 Å². The van der Waals surface area contributed by atoms with Gasteiger partial charge in [-0.15, -0.1) is 11.3 Å². The number of benzene rings is 1. The molecule has 1 atom stereocenters. The highest BCUT2D eigenvalue weighted by atomic mass is 32.1. The molecule has 0 fully saturated rings. The lowest BCUT2D eigenvalue weighted by molar-refractivity contribution is -0.138. The van der Waals surface area contributed by atoms with Gasteiger partial charge in [0.05, 0.1) is 12.5 Å². The molecule has 0 unspecified atom stereocenters. The van der Waals surface area contributed by atoms with E-state index < -0.39 is 12.1 Å². The number of halogens is 1. The maximum absolute atomic E-state index is 13.9. The zero-order valence-electron chi connectivity index (χ0n) is 13.6. The third kappa shape index (κ3) is 3.54. The Morgan fingerprint density at radius 1 is 1.46 bits per heavy atom. The van der Waals surface area contributed by atoms with Crippen molar-refractivity contribution in [3.05, 3.63) is 34.5 Å². The number of likely N-dealkylation sites (N-methyl/N-ethyl adjacent to an activating group) is 1. The van der Waals surface area contributed by atoms with Crippen LogP contribution in [0.25, 0.3) is 10.1 Å². The van der Waals surface area contributed by atoms with Crippen LogP contribution in [0.15, 0.2) is 18.2 Å². The summed E-state index contributed by atoms with van der Waals surface area (Å²) in [6.45, 7) is 3.40. The molecular weight excluding hydrogens is 331 g/mol. The first kappa shape index (κ1) is 17.9. The molecule has 1 aromatic heterocycles. The molecule has 2 rings (SSSR count). The van der Waals surface area contributed by atoms with Gasteiger partial charge in [-0.1, -0.05) is 6.07 Å². The van der Waals surface area contributed by atoms with Crippen LogP contribution in [0.3, 0.4) is 0 Å². The Kier molecular flexibility index (Phi) is 5.52. The van der Waals surface area contributed by atoms with Crippen molar-refractivity contribution in [3.8, 4) is 6.07 Å².